The van der Waals surface area contributed by atoms with Crippen LogP contribution in [0.15, 0.2) is 58.3 Å². The number of sulfone groups is 2. The van der Waals surface area contributed by atoms with Gasteiger partial charge in [-0.15, -0.1) is 0 Å². The summed E-state index contributed by atoms with van der Waals surface area (Å²) in [6.45, 7) is 1.54. The van der Waals surface area contributed by atoms with Crippen LogP contribution < -0.4 is 5.32 Å². The first-order chi connectivity index (χ1) is 15.2. The molecule has 1 fully saturated rings. The topological polar surface area (TPSA) is 118 Å². The Morgan fingerprint density at radius 1 is 1.09 bits per heavy atom. The largest absolute Gasteiger partial charge is 0.352 e. The van der Waals surface area contributed by atoms with E-state index in [9.17, 15) is 26.4 Å². The number of amides is 2. The Bertz CT molecular complexity index is 1260. The predicted molar refractivity (Wildman–Crippen MR) is 118 cm³/mol. The lowest BCUT2D eigenvalue weighted by Gasteiger charge is -2.17. The molecule has 1 unspecified atom stereocenters. The molecule has 8 nitrogen and oxygen atoms in total. The molecule has 1 N–H and O–H groups in total. The van der Waals surface area contributed by atoms with Crippen LogP contribution in [0.3, 0.4) is 0 Å². The van der Waals surface area contributed by atoms with Crippen molar-refractivity contribution in [2.24, 2.45) is 0 Å². The predicted octanol–water partition coefficient (Wildman–Crippen LogP) is 1.73. The lowest BCUT2D eigenvalue weighted by molar-refractivity contribution is -0.127. The van der Waals surface area contributed by atoms with Crippen molar-refractivity contribution in [2.45, 2.75) is 34.3 Å². The minimum Gasteiger partial charge on any atom is -0.352 e. The zero-order valence-corrected chi connectivity index (χ0v) is 19.0. The lowest BCUT2D eigenvalue weighted by atomic mass is 10.0. The molecule has 0 bridgehead atoms. The fourth-order valence-corrected chi connectivity index (χ4v) is 8.62. The molecule has 0 aliphatic carbocycles. The monoisotopic (exact) mass is 476 g/mol. The van der Waals surface area contributed by atoms with Gasteiger partial charge in [0.1, 0.15) is 5.25 Å². The number of carbonyl (C=O) groups is 2. The average molecular weight is 477 g/mol. The van der Waals surface area contributed by atoms with Crippen LogP contribution >= 0.6 is 0 Å². The molecule has 0 spiro atoms. The highest BCUT2D eigenvalue weighted by Gasteiger charge is 2.45. The van der Waals surface area contributed by atoms with Gasteiger partial charge in [-0.25, -0.2) is 16.8 Å². The fourth-order valence-electron chi connectivity index (χ4n) is 4.24. The van der Waals surface area contributed by atoms with Gasteiger partial charge in [-0.05, 0) is 37.1 Å². The van der Waals surface area contributed by atoms with Crippen LogP contribution in [0.1, 0.15) is 40.4 Å². The Balaban J connectivity index is 1.58. The Labute approximate surface area is 187 Å². The highest BCUT2D eigenvalue weighted by atomic mass is 32.2. The second-order valence-corrected chi connectivity index (χ2v) is 12.1. The normalized spacial score (nSPS) is 19.7. The van der Waals surface area contributed by atoms with E-state index in [-0.39, 0.29) is 33.4 Å². The first kappa shape index (κ1) is 22.5. The van der Waals surface area contributed by atoms with Gasteiger partial charge >= 0.3 is 0 Å². The van der Waals surface area contributed by atoms with Crippen molar-refractivity contribution >= 4 is 31.5 Å². The summed E-state index contributed by atoms with van der Waals surface area (Å²) in [4.78, 5) is 26.2. The van der Waals surface area contributed by atoms with Crippen molar-refractivity contribution in [3.63, 3.8) is 0 Å². The second-order valence-electron chi connectivity index (χ2n) is 7.94. The summed E-state index contributed by atoms with van der Waals surface area (Å²) < 4.78 is 52.0. The zero-order valence-electron chi connectivity index (χ0n) is 17.4. The molecule has 2 aliphatic rings. The number of hydrogen-bond donors (Lipinski definition) is 1. The van der Waals surface area contributed by atoms with Crippen LogP contribution in [-0.2, 0) is 24.5 Å². The van der Waals surface area contributed by atoms with Crippen LogP contribution in [0.5, 0.6) is 0 Å². The lowest BCUT2D eigenvalue weighted by Crippen LogP contribution is -2.31. The van der Waals surface area contributed by atoms with E-state index in [1.54, 1.807) is 23.1 Å². The van der Waals surface area contributed by atoms with Crippen LogP contribution in [0, 0.1) is 0 Å². The summed E-state index contributed by atoms with van der Waals surface area (Å²) in [5.41, 5.74) is 0.0777. The van der Waals surface area contributed by atoms with E-state index in [0.717, 1.165) is 13.0 Å². The molecule has 0 aromatic heterocycles. The van der Waals surface area contributed by atoms with Crippen molar-refractivity contribution in [3.05, 3.63) is 59.7 Å². The third-order valence-corrected chi connectivity index (χ3v) is 9.94. The quantitative estimate of drug-likeness (QED) is 0.608. The fraction of sp³-hybridized carbons (Fsp3) is 0.364. The number of benzene rings is 2. The highest BCUT2D eigenvalue weighted by Crippen LogP contribution is 2.42. The van der Waals surface area contributed by atoms with Gasteiger partial charge in [0.2, 0.25) is 5.91 Å². The highest BCUT2D eigenvalue weighted by molar-refractivity contribution is 7.96. The Morgan fingerprint density at radius 2 is 1.84 bits per heavy atom. The van der Waals surface area contributed by atoms with Gasteiger partial charge in [0.05, 0.1) is 15.5 Å². The Hall–Kier alpha value is -2.72. The molecular weight excluding hydrogens is 452 g/mol. The number of likely N-dealkylation sites (tertiary alicyclic amines) is 1. The number of nitrogens with one attached hydrogen (secondary N) is 1. The molecule has 1 saturated heterocycles. The number of carbonyl (C=O) groups excluding carboxylic acids is 2. The van der Waals surface area contributed by atoms with E-state index in [2.05, 4.69) is 5.32 Å². The summed E-state index contributed by atoms with van der Waals surface area (Å²) in [6.07, 6.45) is 1.94. The average Bonchev–Trinajstić information content (AvgIpc) is 3.32. The number of rotatable bonds is 7. The SMILES string of the molecule is O=C(NCCCN1CCCC1=O)c1cccc2c1C(S(=O)(=O)c1ccccc1)CS2(=O)=O. The molecule has 0 radical (unpaired) electrons. The molecule has 170 valence electrons. The molecule has 2 heterocycles. The Kier molecular flexibility index (Phi) is 6.09. The summed E-state index contributed by atoms with van der Waals surface area (Å²) >= 11 is 0. The molecule has 4 rings (SSSR count). The van der Waals surface area contributed by atoms with E-state index in [4.69, 9.17) is 0 Å². The second kappa shape index (κ2) is 8.67. The minimum atomic E-state index is -4.02. The van der Waals surface area contributed by atoms with Crippen molar-refractivity contribution in [2.75, 3.05) is 25.4 Å². The van der Waals surface area contributed by atoms with Crippen molar-refractivity contribution < 1.29 is 26.4 Å². The number of fused-ring (bicyclic) bond motifs is 1. The van der Waals surface area contributed by atoms with E-state index >= 15 is 0 Å². The summed E-state index contributed by atoms with van der Waals surface area (Å²) in [5.74, 6) is -1.02. The van der Waals surface area contributed by atoms with Gasteiger partial charge in [0, 0.05) is 37.2 Å². The van der Waals surface area contributed by atoms with Gasteiger partial charge in [0.15, 0.2) is 19.7 Å². The van der Waals surface area contributed by atoms with Gasteiger partial charge in [-0.2, -0.15) is 0 Å². The van der Waals surface area contributed by atoms with Gasteiger partial charge in [-0.1, -0.05) is 24.3 Å². The van der Waals surface area contributed by atoms with Crippen LogP contribution in [0.2, 0.25) is 0 Å². The summed E-state index contributed by atoms with van der Waals surface area (Å²) in [6, 6.07) is 11.9. The van der Waals surface area contributed by atoms with E-state index in [1.165, 1.54) is 30.3 Å². The molecular formula is C22H24N2O6S2. The van der Waals surface area contributed by atoms with E-state index in [1.807, 2.05) is 0 Å². The summed E-state index contributed by atoms with van der Waals surface area (Å²) in [7, 11) is -7.87. The van der Waals surface area contributed by atoms with Crippen LogP contribution in [0.4, 0.5) is 0 Å². The van der Waals surface area contributed by atoms with Crippen molar-refractivity contribution in [1.29, 1.82) is 0 Å². The maximum absolute atomic E-state index is 13.3. The molecule has 32 heavy (non-hydrogen) atoms. The molecule has 2 aliphatic heterocycles. The third kappa shape index (κ3) is 4.16. The first-order valence-corrected chi connectivity index (χ1v) is 13.6. The number of nitrogens with zero attached hydrogens (tertiary/aromatic N) is 1. The van der Waals surface area contributed by atoms with Crippen molar-refractivity contribution in [3.8, 4) is 0 Å². The van der Waals surface area contributed by atoms with Gasteiger partial charge < -0.3 is 10.2 Å². The molecule has 1 atom stereocenters. The molecule has 10 heteroatoms. The van der Waals surface area contributed by atoms with E-state index < -0.39 is 36.6 Å². The summed E-state index contributed by atoms with van der Waals surface area (Å²) in [5, 5.41) is 1.39. The molecule has 2 amide bonds. The van der Waals surface area contributed by atoms with Crippen LogP contribution in [0.25, 0.3) is 0 Å². The van der Waals surface area contributed by atoms with Gasteiger partial charge in [-0.3, -0.25) is 9.59 Å². The number of hydrogen-bond acceptors (Lipinski definition) is 6. The minimum absolute atomic E-state index is 0.0125. The molecule has 2 aromatic carbocycles. The molecule has 0 saturated carbocycles. The maximum Gasteiger partial charge on any atom is 0.251 e. The maximum atomic E-state index is 13.3. The Morgan fingerprint density at radius 3 is 2.53 bits per heavy atom. The van der Waals surface area contributed by atoms with Crippen LogP contribution in [-0.4, -0.2) is 58.9 Å². The third-order valence-electron chi connectivity index (χ3n) is 5.85. The molecule has 2 aromatic rings. The van der Waals surface area contributed by atoms with Gasteiger partial charge in [0.25, 0.3) is 5.91 Å². The van der Waals surface area contributed by atoms with Crippen molar-refractivity contribution in [1.82, 2.24) is 10.2 Å². The standard InChI is InChI=1S/C22H24N2O6S2/c25-20-11-5-13-24(20)14-6-12-23-22(26)17-9-4-10-18-21(17)19(15-31(18,27)28)32(29,30)16-7-2-1-3-8-16/h1-4,7-10,19H,5-6,11-15H2,(H,23,26). The first-order valence-electron chi connectivity index (χ1n) is 10.4. The zero-order chi connectivity index (χ0) is 22.9. The smallest absolute Gasteiger partial charge is 0.251 e. The van der Waals surface area contributed by atoms with E-state index in [0.29, 0.717) is 19.4 Å².